The molecule has 150 valence electrons. The molecule has 6 heteroatoms. The summed E-state index contributed by atoms with van der Waals surface area (Å²) in [5.74, 6) is 1.43. The number of rotatable bonds is 7. The first-order valence-electron chi connectivity index (χ1n) is 9.55. The van der Waals surface area contributed by atoms with E-state index >= 15 is 0 Å². The highest BCUT2D eigenvalue weighted by Gasteiger charge is 2.19. The Morgan fingerprint density at radius 1 is 1.14 bits per heavy atom. The van der Waals surface area contributed by atoms with Gasteiger partial charge in [0.25, 0.3) is 0 Å². The first-order valence-corrected chi connectivity index (χ1v) is 9.96. The third-order valence-electron chi connectivity index (χ3n) is 4.88. The molecular formula is C22H28N2O3S. The van der Waals surface area contributed by atoms with Crippen molar-refractivity contribution < 1.29 is 14.2 Å². The maximum absolute atomic E-state index is 5.74. The summed E-state index contributed by atoms with van der Waals surface area (Å²) in [7, 11) is 3.29. The van der Waals surface area contributed by atoms with Crippen LogP contribution in [0.25, 0.3) is 0 Å². The maximum Gasteiger partial charge on any atom is 0.173 e. The van der Waals surface area contributed by atoms with Gasteiger partial charge in [0.2, 0.25) is 0 Å². The normalized spacial score (nSPS) is 15.9. The molecule has 0 spiro atoms. The maximum atomic E-state index is 5.74. The second-order valence-corrected chi connectivity index (χ2v) is 7.32. The van der Waals surface area contributed by atoms with Gasteiger partial charge >= 0.3 is 0 Å². The van der Waals surface area contributed by atoms with Gasteiger partial charge in [0.1, 0.15) is 0 Å². The molecule has 1 aliphatic rings. The van der Waals surface area contributed by atoms with Crippen LogP contribution in [0.4, 0.5) is 5.69 Å². The zero-order valence-electron chi connectivity index (χ0n) is 16.7. The summed E-state index contributed by atoms with van der Waals surface area (Å²) >= 11 is 5.74. The van der Waals surface area contributed by atoms with Crippen LogP contribution in [0.15, 0.2) is 42.5 Å². The van der Waals surface area contributed by atoms with Gasteiger partial charge in [0.05, 0.1) is 26.9 Å². The van der Waals surface area contributed by atoms with E-state index in [1.165, 1.54) is 5.56 Å². The summed E-state index contributed by atoms with van der Waals surface area (Å²) < 4.78 is 16.5. The summed E-state index contributed by atoms with van der Waals surface area (Å²) in [4.78, 5) is 2.10. The van der Waals surface area contributed by atoms with Crippen molar-refractivity contribution in [2.24, 2.45) is 0 Å². The zero-order chi connectivity index (χ0) is 19.9. The number of nitrogens with one attached hydrogen (secondary N) is 1. The van der Waals surface area contributed by atoms with Crippen molar-refractivity contribution in [1.82, 2.24) is 5.32 Å². The van der Waals surface area contributed by atoms with Crippen molar-refractivity contribution in [1.29, 1.82) is 0 Å². The summed E-state index contributed by atoms with van der Waals surface area (Å²) in [6.07, 6.45) is 2.43. The number of hydrogen-bond acceptors (Lipinski definition) is 4. The summed E-state index contributed by atoms with van der Waals surface area (Å²) in [5, 5.41) is 4.07. The summed E-state index contributed by atoms with van der Waals surface area (Å²) in [5.41, 5.74) is 3.35. The molecule has 1 atom stereocenters. The first-order chi connectivity index (χ1) is 13.6. The molecule has 0 saturated carbocycles. The Morgan fingerprint density at radius 3 is 2.54 bits per heavy atom. The van der Waals surface area contributed by atoms with Crippen molar-refractivity contribution in [3.8, 4) is 11.5 Å². The topological polar surface area (TPSA) is 43.0 Å². The van der Waals surface area contributed by atoms with Crippen LogP contribution >= 0.6 is 12.2 Å². The molecule has 1 aliphatic heterocycles. The molecule has 0 aromatic heterocycles. The molecule has 0 amide bonds. The van der Waals surface area contributed by atoms with E-state index in [0.717, 1.165) is 37.2 Å². The lowest BCUT2D eigenvalue weighted by Crippen LogP contribution is -2.42. The molecule has 1 fully saturated rings. The highest BCUT2D eigenvalue weighted by molar-refractivity contribution is 7.80. The van der Waals surface area contributed by atoms with E-state index in [0.29, 0.717) is 23.2 Å². The number of aryl methyl sites for hydroxylation is 1. The minimum atomic E-state index is 0.235. The van der Waals surface area contributed by atoms with E-state index in [1.54, 1.807) is 14.2 Å². The SMILES string of the molecule is COc1ccc(CN(C(=S)NCC2CCCO2)c2ccc(C)cc2)cc1OC. The second-order valence-electron chi connectivity index (χ2n) is 6.93. The standard InChI is InChI=1S/C22H28N2O3S/c1-16-6-9-18(10-7-16)24(22(28)23-14-19-5-4-12-27-19)15-17-8-11-20(25-2)21(13-17)26-3/h6-11,13,19H,4-5,12,14-15H2,1-3H3,(H,23,28). The quantitative estimate of drug-likeness (QED) is 0.707. The number of ether oxygens (including phenoxy) is 3. The van der Waals surface area contributed by atoms with E-state index in [9.17, 15) is 0 Å². The number of thiocarbonyl (C=S) groups is 1. The Bertz CT molecular complexity index is 789. The van der Waals surface area contributed by atoms with Gasteiger partial charge in [-0.05, 0) is 61.8 Å². The van der Waals surface area contributed by atoms with E-state index in [-0.39, 0.29) is 6.10 Å². The lowest BCUT2D eigenvalue weighted by molar-refractivity contribution is 0.114. The molecule has 3 rings (SSSR count). The minimum Gasteiger partial charge on any atom is -0.493 e. The lowest BCUT2D eigenvalue weighted by Gasteiger charge is -2.27. The zero-order valence-corrected chi connectivity index (χ0v) is 17.6. The Morgan fingerprint density at radius 2 is 1.89 bits per heavy atom. The fraction of sp³-hybridized carbons (Fsp3) is 0.409. The largest absolute Gasteiger partial charge is 0.493 e. The molecule has 5 nitrogen and oxygen atoms in total. The predicted octanol–water partition coefficient (Wildman–Crippen LogP) is 4.07. The molecule has 2 aromatic carbocycles. The van der Waals surface area contributed by atoms with E-state index in [2.05, 4.69) is 41.4 Å². The van der Waals surface area contributed by atoms with Gasteiger partial charge in [0, 0.05) is 18.8 Å². The molecule has 1 unspecified atom stereocenters. The molecule has 0 bridgehead atoms. The molecule has 0 radical (unpaired) electrons. The molecule has 1 saturated heterocycles. The van der Waals surface area contributed by atoms with Crippen molar-refractivity contribution >= 4 is 23.0 Å². The third kappa shape index (κ3) is 5.14. The Labute approximate surface area is 172 Å². The first kappa shape index (κ1) is 20.4. The molecule has 1 heterocycles. The highest BCUT2D eigenvalue weighted by Crippen LogP contribution is 2.29. The average molecular weight is 401 g/mol. The van der Waals surface area contributed by atoms with Gasteiger partial charge in [-0.3, -0.25) is 0 Å². The van der Waals surface area contributed by atoms with Crippen LogP contribution in [0.2, 0.25) is 0 Å². The van der Waals surface area contributed by atoms with Gasteiger partial charge in [-0.2, -0.15) is 0 Å². The minimum absolute atomic E-state index is 0.235. The van der Waals surface area contributed by atoms with Crippen LogP contribution in [-0.2, 0) is 11.3 Å². The third-order valence-corrected chi connectivity index (χ3v) is 5.25. The fourth-order valence-electron chi connectivity index (χ4n) is 3.27. The van der Waals surface area contributed by atoms with Gasteiger partial charge < -0.3 is 24.4 Å². The Balaban J connectivity index is 1.79. The fourth-order valence-corrected chi connectivity index (χ4v) is 3.52. The smallest absolute Gasteiger partial charge is 0.173 e. The van der Waals surface area contributed by atoms with Crippen LogP contribution < -0.4 is 19.7 Å². The second kappa shape index (κ2) is 9.75. The van der Waals surface area contributed by atoms with Crippen LogP contribution in [0.3, 0.4) is 0 Å². The van der Waals surface area contributed by atoms with Crippen LogP contribution in [0, 0.1) is 6.92 Å². The number of hydrogen-bond donors (Lipinski definition) is 1. The number of methoxy groups -OCH3 is 2. The van der Waals surface area contributed by atoms with Crippen molar-refractivity contribution in [3.05, 3.63) is 53.6 Å². The van der Waals surface area contributed by atoms with E-state index in [4.69, 9.17) is 26.4 Å². The molecular weight excluding hydrogens is 372 g/mol. The van der Waals surface area contributed by atoms with Gasteiger partial charge in [-0.1, -0.05) is 23.8 Å². The van der Waals surface area contributed by atoms with Crippen molar-refractivity contribution in [2.75, 3.05) is 32.3 Å². The number of benzene rings is 2. The predicted molar refractivity (Wildman–Crippen MR) is 116 cm³/mol. The Hall–Kier alpha value is -2.31. The summed E-state index contributed by atoms with van der Waals surface area (Å²) in [6, 6.07) is 14.3. The van der Waals surface area contributed by atoms with Gasteiger partial charge in [0.15, 0.2) is 16.6 Å². The molecule has 0 aliphatic carbocycles. The van der Waals surface area contributed by atoms with Crippen LogP contribution in [0.5, 0.6) is 11.5 Å². The van der Waals surface area contributed by atoms with E-state index < -0.39 is 0 Å². The highest BCUT2D eigenvalue weighted by atomic mass is 32.1. The van der Waals surface area contributed by atoms with Gasteiger partial charge in [-0.25, -0.2) is 0 Å². The lowest BCUT2D eigenvalue weighted by atomic mass is 10.1. The van der Waals surface area contributed by atoms with Gasteiger partial charge in [-0.15, -0.1) is 0 Å². The Kier molecular flexibility index (Phi) is 7.12. The summed E-state index contributed by atoms with van der Waals surface area (Å²) in [6.45, 7) is 4.27. The molecule has 2 aromatic rings. The van der Waals surface area contributed by atoms with Crippen LogP contribution in [0.1, 0.15) is 24.0 Å². The number of nitrogens with zero attached hydrogens (tertiary/aromatic N) is 1. The number of anilines is 1. The van der Waals surface area contributed by atoms with Crippen molar-refractivity contribution in [3.63, 3.8) is 0 Å². The van der Waals surface area contributed by atoms with Crippen molar-refractivity contribution in [2.45, 2.75) is 32.4 Å². The molecule has 1 N–H and O–H groups in total. The monoisotopic (exact) mass is 400 g/mol. The van der Waals surface area contributed by atoms with E-state index in [1.807, 2.05) is 18.2 Å². The molecule has 28 heavy (non-hydrogen) atoms. The van der Waals surface area contributed by atoms with Crippen LogP contribution in [-0.4, -0.2) is 38.6 Å². The average Bonchev–Trinajstić information content (AvgIpc) is 3.24.